The van der Waals surface area contributed by atoms with Crippen LogP contribution in [0.2, 0.25) is 0 Å². The quantitative estimate of drug-likeness (QED) is 0.193. The van der Waals surface area contributed by atoms with Gasteiger partial charge < -0.3 is 5.32 Å². The minimum atomic E-state index is -0.143. The Labute approximate surface area is 346 Å². The van der Waals surface area contributed by atoms with Gasteiger partial charge in [0, 0.05) is 26.5 Å². The van der Waals surface area contributed by atoms with Crippen LogP contribution in [0.5, 0.6) is 0 Å². The van der Waals surface area contributed by atoms with Crippen LogP contribution in [-0.2, 0) is 10.8 Å². The highest BCUT2D eigenvalue weighted by Gasteiger charge is 2.48. The van der Waals surface area contributed by atoms with Crippen LogP contribution in [0.1, 0.15) is 122 Å². The Bertz CT molecular complexity index is 2830. The average Bonchev–Trinajstić information content (AvgIpc) is 3.86. The van der Waals surface area contributed by atoms with Crippen LogP contribution >= 0.6 is 11.3 Å². The molecular weight excluding hydrogens is 721 g/mol. The number of nitrogens with one attached hydrogen (secondary N) is 1. The summed E-state index contributed by atoms with van der Waals surface area (Å²) in [6, 6.07) is 34.6. The van der Waals surface area contributed by atoms with Crippen molar-refractivity contribution in [1.82, 2.24) is 0 Å². The molecule has 7 aliphatic rings. The summed E-state index contributed by atoms with van der Waals surface area (Å²) in [5.74, 6) is 0.940. The Morgan fingerprint density at radius 2 is 1.52 bits per heavy atom. The highest BCUT2D eigenvalue weighted by atomic mass is 32.1. The largest absolute Gasteiger partial charge is 0.351 e. The van der Waals surface area contributed by atoms with Crippen LogP contribution in [0.4, 0.5) is 5.00 Å². The molecule has 0 bridgehead atoms. The van der Waals surface area contributed by atoms with E-state index in [1.54, 1.807) is 27.8 Å². The van der Waals surface area contributed by atoms with E-state index >= 15 is 0 Å². The molecule has 6 aliphatic carbocycles. The number of rotatable bonds is 4. The van der Waals surface area contributed by atoms with Crippen molar-refractivity contribution in [2.24, 2.45) is 16.8 Å². The lowest BCUT2D eigenvalue weighted by molar-refractivity contribution is 0.352. The number of allylic oxidation sites excluding steroid dienone is 8. The van der Waals surface area contributed by atoms with Crippen molar-refractivity contribution < 1.29 is 0 Å². The summed E-state index contributed by atoms with van der Waals surface area (Å²) in [7, 11) is 0. The van der Waals surface area contributed by atoms with Gasteiger partial charge >= 0.3 is 0 Å². The molecule has 5 aromatic rings. The zero-order chi connectivity index (χ0) is 38.6. The Morgan fingerprint density at radius 1 is 0.707 bits per heavy atom. The first kappa shape index (κ1) is 34.8. The van der Waals surface area contributed by atoms with Gasteiger partial charge in [0.2, 0.25) is 0 Å². The number of hydrogen-bond acceptors (Lipinski definition) is 3. The predicted octanol–water partition coefficient (Wildman–Crippen LogP) is 12.6. The van der Waals surface area contributed by atoms with E-state index in [0.717, 1.165) is 31.4 Å². The third kappa shape index (κ3) is 5.11. The average molecular weight is 771 g/mol. The Morgan fingerprint density at radius 3 is 2.38 bits per heavy atom. The minimum Gasteiger partial charge on any atom is -0.351 e. The highest BCUT2D eigenvalue weighted by molar-refractivity contribution is 7.14. The molecule has 286 valence electrons. The molecule has 0 amide bonds. The fourth-order valence-electron chi connectivity index (χ4n) is 12.1. The number of aliphatic imine (C=N–C) groups is 1. The van der Waals surface area contributed by atoms with Gasteiger partial charge in [0.1, 0.15) is 11.2 Å². The first-order chi connectivity index (χ1) is 28.5. The summed E-state index contributed by atoms with van der Waals surface area (Å²) in [4.78, 5) is 5.45. The van der Waals surface area contributed by atoms with Crippen molar-refractivity contribution in [2.45, 2.75) is 88.6 Å². The molecule has 1 aromatic heterocycles. The van der Waals surface area contributed by atoms with E-state index in [1.165, 1.54) is 91.4 Å². The molecule has 1 spiro atoms. The van der Waals surface area contributed by atoms with Crippen LogP contribution in [0.3, 0.4) is 0 Å². The monoisotopic (exact) mass is 770 g/mol. The molecule has 2 heterocycles. The summed E-state index contributed by atoms with van der Waals surface area (Å²) in [5, 5.41) is 6.45. The minimum absolute atomic E-state index is 0.0122. The molecule has 0 saturated heterocycles. The van der Waals surface area contributed by atoms with Gasteiger partial charge in [-0.3, -0.25) is 4.99 Å². The van der Waals surface area contributed by atoms with Crippen LogP contribution in [0.15, 0.2) is 132 Å². The molecule has 3 atom stereocenters. The Balaban J connectivity index is 0.860. The molecule has 1 aliphatic heterocycles. The van der Waals surface area contributed by atoms with Crippen molar-refractivity contribution in [2.75, 3.05) is 5.32 Å². The number of hydrogen-bond donors (Lipinski definition) is 1. The predicted molar refractivity (Wildman–Crippen MR) is 245 cm³/mol. The molecular formula is C55H50N2S. The van der Waals surface area contributed by atoms with E-state index < -0.39 is 0 Å². The molecule has 12 rings (SSSR count). The van der Waals surface area contributed by atoms with Crippen molar-refractivity contribution in [1.29, 1.82) is 0 Å². The molecule has 2 nitrogen and oxygen atoms in total. The lowest BCUT2D eigenvalue weighted by Crippen LogP contribution is -2.29. The third-order valence-corrected chi connectivity index (χ3v) is 16.0. The van der Waals surface area contributed by atoms with Gasteiger partial charge in [0.25, 0.3) is 0 Å². The zero-order valence-corrected chi connectivity index (χ0v) is 34.5. The van der Waals surface area contributed by atoms with E-state index in [4.69, 9.17) is 4.99 Å². The third-order valence-electron chi connectivity index (χ3n) is 14.9. The molecule has 4 aromatic carbocycles. The number of benzene rings is 4. The lowest BCUT2D eigenvalue weighted by Gasteiger charge is -2.36. The fourth-order valence-corrected chi connectivity index (χ4v) is 13.2. The maximum absolute atomic E-state index is 5.45. The van der Waals surface area contributed by atoms with E-state index in [0.29, 0.717) is 11.8 Å². The maximum Gasteiger partial charge on any atom is 0.146 e. The second kappa shape index (κ2) is 13.1. The normalized spacial score (nSPS) is 23.9. The summed E-state index contributed by atoms with van der Waals surface area (Å²) in [6.45, 7) is 4.95. The van der Waals surface area contributed by atoms with Gasteiger partial charge in [-0.2, -0.15) is 0 Å². The number of thiophene rings is 1. The first-order valence-electron chi connectivity index (χ1n) is 21.9. The van der Waals surface area contributed by atoms with E-state index in [-0.39, 0.29) is 17.0 Å². The number of nitrogens with zero attached hydrogens (tertiary/aromatic N) is 1. The molecule has 58 heavy (non-hydrogen) atoms. The summed E-state index contributed by atoms with van der Waals surface area (Å²) in [5.41, 5.74) is 20.0. The van der Waals surface area contributed by atoms with Gasteiger partial charge in [-0.25, -0.2) is 0 Å². The maximum atomic E-state index is 5.45. The van der Waals surface area contributed by atoms with Gasteiger partial charge in [-0.15, -0.1) is 11.3 Å². The number of fused-ring (bicyclic) bond motifs is 10. The van der Waals surface area contributed by atoms with Gasteiger partial charge in [-0.05, 0) is 135 Å². The summed E-state index contributed by atoms with van der Waals surface area (Å²) >= 11 is 1.88. The molecule has 1 N–H and O–H groups in total. The van der Waals surface area contributed by atoms with E-state index in [9.17, 15) is 0 Å². The van der Waals surface area contributed by atoms with Gasteiger partial charge in [0.15, 0.2) is 0 Å². The summed E-state index contributed by atoms with van der Waals surface area (Å²) in [6.07, 6.45) is 28.0. The van der Waals surface area contributed by atoms with Crippen LogP contribution in [0, 0.1) is 11.8 Å². The summed E-state index contributed by atoms with van der Waals surface area (Å²) < 4.78 is 1.37. The van der Waals surface area contributed by atoms with Crippen molar-refractivity contribution in [3.05, 3.63) is 181 Å². The highest BCUT2D eigenvalue weighted by Crippen LogP contribution is 2.61. The Kier molecular flexibility index (Phi) is 7.87. The SMILES string of the molecule is CC1(C)C2=C(c3cc4c(cc31)-c1ccccc1C41CCCCC1)C(C1C=CC(c3cccc(C4N=C(c5ccccc5)c5c(sc6c5=CCCC=6)N4)c3)=CC1)CC=C2. The van der Waals surface area contributed by atoms with E-state index in [2.05, 4.69) is 153 Å². The smallest absolute Gasteiger partial charge is 0.146 e. The molecule has 1 fully saturated rings. The second-order valence-electron chi connectivity index (χ2n) is 18.3. The van der Waals surface area contributed by atoms with Crippen molar-refractivity contribution in [3.8, 4) is 11.1 Å². The molecule has 1 saturated carbocycles. The first-order valence-corrected chi connectivity index (χ1v) is 22.7. The number of anilines is 1. The van der Waals surface area contributed by atoms with Crippen molar-refractivity contribution in [3.63, 3.8) is 0 Å². The second-order valence-corrected chi connectivity index (χ2v) is 19.4. The standard InChI is InChI=1S/C55H50N2S/c1-54(2)45-23-14-21-39(49(45)43-33-47-42(32-46(43)54)40-19-7-9-22-44(40)55(47)29-11-4-12-30-55)35-27-25-34(26-28-35)37-17-13-18-38(31-37)52-56-51(36-15-5-3-6-16-36)50-41-20-8-10-24-48(41)58-53(50)57-52/h3,5-7,9,13-20,22-27,31-33,35,39,52,57H,4,8,10-12,21,28-30H2,1-2H3. The topological polar surface area (TPSA) is 24.4 Å². The van der Waals surface area contributed by atoms with Gasteiger partial charge in [0.05, 0.1) is 5.71 Å². The van der Waals surface area contributed by atoms with Crippen LogP contribution in [0.25, 0.3) is 34.4 Å². The van der Waals surface area contributed by atoms with Gasteiger partial charge in [-0.1, -0.05) is 148 Å². The molecule has 3 heteroatoms. The zero-order valence-electron chi connectivity index (χ0n) is 33.7. The van der Waals surface area contributed by atoms with Crippen molar-refractivity contribution >= 4 is 45.3 Å². The molecule has 3 unspecified atom stereocenters. The fraction of sp³-hybridized carbons (Fsp3) is 0.291. The Hall–Kier alpha value is -5.25. The van der Waals surface area contributed by atoms with Crippen LogP contribution < -0.4 is 15.1 Å². The lowest BCUT2D eigenvalue weighted by atomic mass is 9.67. The molecule has 0 radical (unpaired) electrons. The van der Waals surface area contributed by atoms with E-state index in [1.807, 2.05) is 11.3 Å². The van der Waals surface area contributed by atoms with Crippen LogP contribution in [-0.4, -0.2) is 5.71 Å².